The number of fused-ring (bicyclic) bond motifs is 3. The number of hydrogen-bond donors (Lipinski definition) is 3. The van der Waals surface area contributed by atoms with Crippen molar-refractivity contribution in [2.45, 2.75) is 160 Å². The number of ketones is 2. The van der Waals surface area contributed by atoms with Gasteiger partial charge in [0, 0.05) is 52.0 Å². The molecule has 57 heavy (non-hydrogen) atoms. The van der Waals surface area contributed by atoms with Gasteiger partial charge in [-0.05, 0) is 108 Å². The predicted molar refractivity (Wildman–Crippen MR) is 216 cm³/mol. The van der Waals surface area contributed by atoms with Crippen LogP contribution in [0.2, 0.25) is 0 Å². The lowest BCUT2D eigenvalue weighted by atomic mass is 9.65. The highest BCUT2D eigenvalue weighted by Gasteiger charge is 2.55. The maximum atomic E-state index is 14.3. The quantitative estimate of drug-likeness (QED) is 0.174. The topological polar surface area (TPSA) is 169 Å². The van der Waals surface area contributed by atoms with Crippen molar-refractivity contribution in [3.8, 4) is 0 Å². The number of rotatable bonds is 7. The average Bonchev–Trinajstić information content (AvgIpc) is 3.18. The second-order valence-corrected chi connectivity index (χ2v) is 17.8. The van der Waals surface area contributed by atoms with Gasteiger partial charge in [0.25, 0.3) is 11.7 Å². The Morgan fingerprint density at radius 1 is 0.930 bits per heavy atom. The molecule has 2 aliphatic heterocycles. The lowest BCUT2D eigenvalue weighted by molar-refractivity contribution is -0.178. The van der Waals surface area contributed by atoms with Crippen LogP contribution >= 0.6 is 0 Å². The van der Waals surface area contributed by atoms with Gasteiger partial charge in [-0.25, -0.2) is 4.79 Å². The van der Waals surface area contributed by atoms with Crippen LogP contribution in [0.15, 0.2) is 36.0 Å². The molecule has 0 aromatic rings. The summed E-state index contributed by atoms with van der Waals surface area (Å²) < 4.78 is 23.8. The normalized spacial score (nSPS) is 41.0. The number of Topliss-reactive ketones (excluding diaryl/α,β-unsaturated/α-hetero) is 2. The van der Waals surface area contributed by atoms with Gasteiger partial charge < -0.3 is 39.2 Å². The number of carbonyl (C=O) groups is 4. The zero-order chi connectivity index (χ0) is 42.2. The van der Waals surface area contributed by atoms with Crippen LogP contribution < -0.4 is 0 Å². The molecule has 0 aromatic carbocycles. The second kappa shape index (κ2) is 21.0. The molecule has 322 valence electrons. The fourth-order valence-corrected chi connectivity index (χ4v) is 10.0. The Morgan fingerprint density at radius 2 is 1.60 bits per heavy atom. The molecule has 4 aliphatic rings. The zero-order valence-corrected chi connectivity index (χ0v) is 35.7. The van der Waals surface area contributed by atoms with E-state index in [4.69, 9.17) is 18.9 Å². The summed E-state index contributed by atoms with van der Waals surface area (Å²) in [6.45, 7) is 13.4. The molecule has 0 aromatic heterocycles. The van der Waals surface area contributed by atoms with Gasteiger partial charge in [-0.15, -0.1) is 6.58 Å². The Labute approximate surface area is 340 Å². The van der Waals surface area contributed by atoms with E-state index < -0.39 is 77.4 Å². The molecule has 12 heteroatoms. The molecule has 12 nitrogen and oxygen atoms in total. The molecular formula is C45H71NO11. The number of aliphatic hydroxyl groups is 3. The highest BCUT2D eigenvalue weighted by molar-refractivity contribution is 6.39. The van der Waals surface area contributed by atoms with Crippen molar-refractivity contribution in [2.24, 2.45) is 35.5 Å². The average molecular weight is 802 g/mol. The van der Waals surface area contributed by atoms with Gasteiger partial charge in [-0.2, -0.15) is 0 Å². The third-order valence-corrected chi connectivity index (χ3v) is 13.5. The van der Waals surface area contributed by atoms with Crippen LogP contribution in [0.5, 0.6) is 0 Å². The van der Waals surface area contributed by atoms with Crippen molar-refractivity contribution in [1.82, 2.24) is 4.90 Å². The SMILES string of the molecule is C=CC[C@@H]1/C=C(\C)C[C@H](C)C[C@H](OC)[C@H]2C[C@@](O)(C(=O)C(=O)N3CCCC[C@H]3C(=O)O[C@H](/C(C)=C/[C@@H]3CC[C@@H](O)[C@H](OC)C3)[C@H](C)[C@@H](O)CC1=O)[C@H](C)C[C@@H]2OC. The fraction of sp³-hybridized carbons (Fsp3) is 0.778. The van der Waals surface area contributed by atoms with Crippen LogP contribution in [0.25, 0.3) is 0 Å². The van der Waals surface area contributed by atoms with Gasteiger partial charge in [-0.1, -0.05) is 44.6 Å². The number of hydrogen-bond acceptors (Lipinski definition) is 11. The van der Waals surface area contributed by atoms with Crippen LogP contribution in [-0.2, 0) is 38.1 Å². The van der Waals surface area contributed by atoms with Crippen molar-refractivity contribution in [2.75, 3.05) is 27.9 Å². The number of piperidine rings is 1. The molecule has 3 fully saturated rings. The Balaban J connectivity index is 1.78. The van der Waals surface area contributed by atoms with Crippen molar-refractivity contribution in [3.05, 3.63) is 36.0 Å². The van der Waals surface area contributed by atoms with E-state index in [0.717, 1.165) is 5.57 Å². The van der Waals surface area contributed by atoms with Gasteiger partial charge in [-0.3, -0.25) is 14.4 Å². The summed E-state index contributed by atoms with van der Waals surface area (Å²) in [5, 5.41) is 34.4. The van der Waals surface area contributed by atoms with Gasteiger partial charge in [0.05, 0.1) is 30.5 Å². The minimum Gasteiger partial charge on any atom is -0.456 e. The largest absolute Gasteiger partial charge is 0.456 e. The van der Waals surface area contributed by atoms with Crippen molar-refractivity contribution < 1.29 is 53.4 Å². The summed E-state index contributed by atoms with van der Waals surface area (Å²) in [6, 6.07) is -1.09. The van der Waals surface area contributed by atoms with Crippen molar-refractivity contribution >= 4 is 23.4 Å². The number of carbonyl (C=O) groups excluding carboxylic acids is 4. The van der Waals surface area contributed by atoms with Crippen LogP contribution in [0.4, 0.5) is 0 Å². The molecule has 0 unspecified atom stereocenters. The number of amides is 1. The Morgan fingerprint density at radius 3 is 2.25 bits per heavy atom. The molecule has 14 atom stereocenters. The number of esters is 1. The molecule has 3 N–H and O–H groups in total. The van der Waals surface area contributed by atoms with Crippen LogP contribution in [0, 0.1) is 35.5 Å². The van der Waals surface area contributed by atoms with E-state index in [9.17, 15) is 34.5 Å². The first-order valence-electron chi connectivity index (χ1n) is 21.2. The Bertz CT molecular complexity index is 1480. The third kappa shape index (κ3) is 11.3. The summed E-state index contributed by atoms with van der Waals surface area (Å²) in [5.41, 5.74) is -0.340. The number of methoxy groups -OCH3 is 3. The number of ether oxygens (including phenoxy) is 4. The molecular weight excluding hydrogens is 730 g/mol. The Hall–Kier alpha value is -2.74. The van der Waals surface area contributed by atoms with Gasteiger partial charge in [0.1, 0.15) is 23.5 Å². The number of allylic oxidation sites excluding steroid dienone is 4. The smallest absolute Gasteiger partial charge is 0.329 e. The van der Waals surface area contributed by atoms with Gasteiger partial charge in [0.2, 0.25) is 0 Å². The molecule has 0 radical (unpaired) electrons. The second-order valence-electron chi connectivity index (χ2n) is 17.8. The fourth-order valence-electron chi connectivity index (χ4n) is 10.0. The number of nitrogens with zero attached hydrogens (tertiary/aromatic N) is 1. The molecule has 4 rings (SSSR count). The van der Waals surface area contributed by atoms with Crippen molar-refractivity contribution in [3.63, 3.8) is 0 Å². The summed E-state index contributed by atoms with van der Waals surface area (Å²) in [6.07, 6.45) is 6.85. The molecule has 1 amide bonds. The first-order valence-corrected chi connectivity index (χ1v) is 21.2. The standard InChI is InChI=1S/C45H71NO11/c1-10-13-32-19-26(2)18-27(3)20-38(54-7)33-25-45(53,29(5)22-39(33)55-8)42(50)43(51)46-17-12-11-14-34(46)44(52)57-41(30(6)36(48)24-37(32)49)28(4)21-31-15-16-35(47)40(23-31)56-9/h10,19,21,27,29-36,38-41,47-48,53H,1,11-18,20,22-25H2,2-9H3/b26-19+,28-21+/t27-,29+,30+,31-,32+,33+,34-,35+,36-,38-,39-,40+,41+,45-/m0/s1. The van der Waals surface area contributed by atoms with Crippen LogP contribution in [0.3, 0.4) is 0 Å². The van der Waals surface area contributed by atoms with Crippen LogP contribution in [0.1, 0.15) is 112 Å². The molecule has 1 saturated heterocycles. The molecule has 2 saturated carbocycles. The maximum absolute atomic E-state index is 14.3. The summed E-state index contributed by atoms with van der Waals surface area (Å²) in [5.74, 6) is -4.88. The summed E-state index contributed by atoms with van der Waals surface area (Å²) in [4.78, 5) is 58.1. The first kappa shape index (κ1) is 46.9. The van der Waals surface area contributed by atoms with E-state index in [-0.39, 0.29) is 55.6 Å². The summed E-state index contributed by atoms with van der Waals surface area (Å²) in [7, 11) is 4.78. The van der Waals surface area contributed by atoms with E-state index in [0.29, 0.717) is 63.4 Å². The highest BCUT2D eigenvalue weighted by Crippen LogP contribution is 2.43. The third-order valence-electron chi connectivity index (χ3n) is 13.5. The lowest BCUT2D eigenvalue weighted by Gasteiger charge is -2.47. The minimum absolute atomic E-state index is 0.00323. The maximum Gasteiger partial charge on any atom is 0.329 e. The van der Waals surface area contributed by atoms with Gasteiger partial charge >= 0.3 is 5.97 Å². The number of aliphatic hydroxyl groups excluding tert-OH is 2. The summed E-state index contributed by atoms with van der Waals surface area (Å²) >= 11 is 0. The first-order chi connectivity index (χ1) is 27.0. The Kier molecular flexibility index (Phi) is 17.3. The predicted octanol–water partition coefficient (Wildman–Crippen LogP) is 5.30. The van der Waals surface area contributed by atoms with Crippen molar-refractivity contribution in [1.29, 1.82) is 0 Å². The van der Waals surface area contributed by atoms with Crippen LogP contribution in [-0.4, -0.2) is 120 Å². The zero-order valence-electron chi connectivity index (χ0n) is 35.7. The lowest BCUT2D eigenvalue weighted by Crippen LogP contribution is -2.61. The van der Waals surface area contributed by atoms with E-state index in [1.165, 1.54) is 4.90 Å². The van der Waals surface area contributed by atoms with E-state index >= 15 is 0 Å². The number of cyclic esters (lactones) is 1. The van der Waals surface area contributed by atoms with E-state index in [2.05, 4.69) is 13.5 Å². The van der Waals surface area contributed by atoms with E-state index in [1.807, 2.05) is 26.0 Å². The molecule has 2 aliphatic carbocycles. The minimum atomic E-state index is -2.01. The molecule has 0 spiro atoms. The van der Waals surface area contributed by atoms with E-state index in [1.54, 1.807) is 41.3 Å². The molecule has 2 bridgehead atoms. The van der Waals surface area contributed by atoms with Gasteiger partial charge in [0.15, 0.2) is 0 Å². The monoisotopic (exact) mass is 802 g/mol. The molecule has 2 heterocycles. The highest BCUT2D eigenvalue weighted by atomic mass is 16.5.